The molecule has 2 aromatic rings. The number of carbonyl (C=O) groups is 2. The van der Waals surface area contributed by atoms with Crippen molar-refractivity contribution in [3.05, 3.63) is 59.7 Å². The number of amides is 2. The van der Waals surface area contributed by atoms with Crippen LogP contribution in [-0.4, -0.2) is 50.1 Å². The van der Waals surface area contributed by atoms with Crippen molar-refractivity contribution in [1.82, 2.24) is 4.90 Å². The summed E-state index contributed by atoms with van der Waals surface area (Å²) in [4.78, 5) is 27.5. The fourth-order valence-electron chi connectivity index (χ4n) is 3.34. The Bertz CT molecular complexity index is 844. The van der Waals surface area contributed by atoms with Crippen molar-refractivity contribution in [2.75, 3.05) is 38.7 Å². The number of anilines is 1. The summed E-state index contributed by atoms with van der Waals surface area (Å²) in [6.45, 7) is 4.58. The summed E-state index contributed by atoms with van der Waals surface area (Å²) in [6, 6.07) is 14.2. The van der Waals surface area contributed by atoms with E-state index in [4.69, 9.17) is 9.47 Å². The first-order valence-corrected chi connectivity index (χ1v) is 10.00. The standard InChI is InChI=1S/C23H28N2O4/c1-17-10-12-25(13-11-17)23(27)18-6-5-7-19(16-18)24-22(26)20-8-3-4-9-21(20)29-15-14-28-2/h3-9,16-17H,10-15H2,1-2H3,(H,24,26). The van der Waals surface area contributed by atoms with Crippen molar-refractivity contribution in [2.45, 2.75) is 19.8 Å². The lowest BCUT2D eigenvalue weighted by Gasteiger charge is -2.30. The van der Waals surface area contributed by atoms with Gasteiger partial charge < -0.3 is 19.7 Å². The molecule has 1 heterocycles. The number of ether oxygens (including phenoxy) is 2. The molecule has 0 aromatic heterocycles. The van der Waals surface area contributed by atoms with Gasteiger partial charge in [0.15, 0.2) is 0 Å². The molecule has 0 aliphatic carbocycles. The monoisotopic (exact) mass is 396 g/mol. The van der Waals surface area contributed by atoms with Gasteiger partial charge in [0.1, 0.15) is 12.4 Å². The lowest BCUT2D eigenvalue weighted by molar-refractivity contribution is 0.0697. The van der Waals surface area contributed by atoms with Gasteiger partial charge in [0.2, 0.25) is 0 Å². The highest BCUT2D eigenvalue weighted by molar-refractivity contribution is 6.06. The number of hydrogen-bond donors (Lipinski definition) is 1. The third-order valence-corrected chi connectivity index (χ3v) is 5.11. The minimum atomic E-state index is -0.283. The van der Waals surface area contributed by atoms with Gasteiger partial charge in [-0.15, -0.1) is 0 Å². The third-order valence-electron chi connectivity index (χ3n) is 5.11. The van der Waals surface area contributed by atoms with Crippen LogP contribution in [-0.2, 0) is 4.74 Å². The molecule has 6 nitrogen and oxygen atoms in total. The number of para-hydroxylation sites is 1. The molecule has 1 N–H and O–H groups in total. The molecule has 0 radical (unpaired) electrons. The molecule has 1 saturated heterocycles. The van der Waals surface area contributed by atoms with Gasteiger partial charge in [-0.1, -0.05) is 25.1 Å². The Balaban J connectivity index is 1.69. The van der Waals surface area contributed by atoms with Crippen LogP contribution in [0.4, 0.5) is 5.69 Å². The van der Waals surface area contributed by atoms with Gasteiger partial charge in [-0.3, -0.25) is 9.59 Å². The summed E-state index contributed by atoms with van der Waals surface area (Å²) in [6.07, 6.45) is 2.06. The molecule has 1 aliphatic heterocycles. The van der Waals surface area contributed by atoms with Crippen LogP contribution in [0.5, 0.6) is 5.75 Å². The molecule has 3 rings (SSSR count). The summed E-state index contributed by atoms with van der Waals surface area (Å²) in [5.74, 6) is 0.887. The van der Waals surface area contributed by atoms with Crippen molar-refractivity contribution in [3.63, 3.8) is 0 Å². The quantitative estimate of drug-likeness (QED) is 0.722. The second kappa shape index (κ2) is 10.1. The number of methoxy groups -OCH3 is 1. The molecule has 1 aliphatic rings. The van der Waals surface area contributed by atoms with E-state index < -0.39 is 0 Å². The highest BCUT2D eigenvalue weighted by Gasteiger charge is 2.22. The van der Waals surface area contributed by atoms with Crippen LogP contribution < -0.4 is 10.1 Å². The predicted octanol–water partition coefficient (Wildman–Crippen LogP) is 3.84. The number of hydrogen-bond acceptors (Lipinski definition) is 4. The second-order valence-electron chi connectivity index (χ2n) is 7.35. The fraction of sp³-hybridized carbons (Fsp3) is 0.391. The Hall–Kier alpha value is -2.86. The largest absolute Gasteiger partial charge is 0.490 e. The van der Waals surface area contributed by atoms with Crippen LogP contribution >= 0.6 is 0 Å². The van der Waals surface area contributed by atoms with Gasteiger partial charge in [-0.25, -0.2) is 0 Å². The van der Waals surface area contributed by atoms with Crippen LogP contribution in [0.3, 0.4) is 0 Å². The Labute approximate surface area is 171 Å². The van der Waals surface area contributed by atoms with E-state index in [-0.39, 0.29) is 11.8 Å². The maximum Gasteiger partial charge on any atom is 0.259 e. The van der Waals surface area contributed by atoms with Crippen molar-refractivity contribution in [1.29, 1.82) is 0 Å². The Morgan fingerprint density at radius 2 is 1.83 bits per heavy atom. The van der Waals surface area contributed by atoms with E-state index in [2.05, 4.69) is 12.2 Å². The molecule has 29 heavy (non-hydrogen) atoms. The summed E-state index contributed by atoms with van der Waals surface area (Å²) < 4.78 is 10.6. The number of likely N-dealkylation sites (tertiary alicyclic amines) is 1. The molecular formula is C23H28N2O4. The zero-order chi connectivity index (χ0) is 20.6. The molecule has 0 bridgehead atoms. The first kappa shape index (κ1) is 20.9. The van der Waals surface area contributed by atoms with Gasteiger partial charge >= 0.3 is 0 Å². The van der Waals surface area contributed by atoms with E-state index in [0.717, 1.165) is 25.9 Å². The van der Waals surface area contributed by atoms with E-state index in [1.165, 1.54) is 0 Å². The van der Waals surface area contributed by atoms with E-state index in [9.17, 15) is 9.59 Å². The van der Waals surface area contributed by atoms with Gasteiger partial charge in [-0.05, 0) is 49.1 Å². The number of nitrogens with zero attached hydrogens (tertiary/aromatic N) is 1. The smallest absolute Gasteiger partial charge is 0.259 e. The number of nitrogens with one attached hydrogen (secondary N) is 1. The van der Waals surface area contributed by atoms with Crippen molar-refractivity contribution < 1.29 is 19.1 Å². The zero-order valence-corrected chi connectivity index (χ0v) is 17.0. The van der Waals surface area contributed by atoms with Crippen LogP contribution in [0.25, 0.3) is 0 Å². The summed E-state index contributed by atoms with van der Waals surface area (Å²) >= 11 is 0. The van der Waals surface area contributed by atoms with Gasteiger partial charge in [0.05, 0.1) is 12.2 Å². The molecule has 0 spiro atoms. The number of carbonyl (C=O) groups excluding carboxylic acids is 2. The minimum Gasteiger partial charge on any atom is -0.490 e. The van der Waals surface area contributed by atoms with E-state index in [1.807, 2.05) is 11.0 Å². The number of benzene rings is 2. The molecule has 6 heteroatoms. The maximum atomic E-state index is 12.8. The Kier molecular flexibility index (Phi) is 7.25. The topological polar surface area (TPSA) is 67.9 Å². The van der Waals surface area contributed by atoms with E-state index >= 15 is 0 Å². The van der Waals surface area contributed by atoms with Crippen molar-refractivity contribution in [3.8, 4) is 5.75 Å². The lowest BCUT2D eigenvalue weighted by atomic mass is 9.98. The van der Waals surface area contributed by atoms with Crippen molar-refractivity contribution >= 4 is 17.5 Å². The molecule has 0 saturated carbocycles. The third kappa shape index (κ3) is 5.57. The first-order chi connectivity index (χ1) is 14.1. The Morgan fingerprint density at radius 1 is 1.07 bits per heavy atom. The molecular weight excluding hydrogens is 368 g/mol. The first-order valence-electron chi connectivity index (χ1n) is 10.00. The molecule has 1 fully saturated rings. The van der Waals surface area contributed by atoms with E-state index in [1.54, 1.807) is 49.6 Å². The van der Waals surface area contributed by atoms with Gasteiger partial charge in [-0.2, -0.15) is 0 Å². The summed E-state index contributed by atoms with van der Waals surface area (Å²) in [5.41, 5.74) is 1.60. The van der Waals surface area contributed by atoms with Crippen LogP contribution in [0.15, 0.2) is 48.5 Å². The average Bonchev–Trinajstić information content (AvgIpc) is 2.74. The normalized spacial score (nSPS) is 14.5. The molecule has 154 valence electrons. The number of piperidine rings is 1. The van der Waals surface area contributed by atoms with E-state index in [0.29, 0.717) is 41.7 Å². The SMILES string of the molecule is COCCOc1ccccc1C(=O)Nc1cccc(C(=O)N2CCC(C)CC2)c1. The van der Waals surface area contributed by atoms with Crippen LogP contribution in [0.2, 0.25) is 0 Å². The van der Waals surface area contributed by atoms with Crippen molar-refractivity contribution in [2.24, 2.45) is 5.92 Å². The minimum absolute atomic E-state index is 0.0105. The molecule has 0 unspecified atom stereocenters. The molecule has 0 atom stereocenters. The Morgan fingerprint density at radius 3 is 2.59 bits per heavy atom. The number of rotatable bonds is 7. The average molecular weight is 396 g/mol. The van der Waals surface area contributed by atoms with Gasteiger partial charge in [0, 0.05) is 31.5 Å². The van der Waals surface area contributed by atoms with Crippen LogP contribution in [0.1, 0.15) is 40.5 Å². The second-order valence-corrected chi connectivity index (χ2v) is 7.35. The van der Waals surface area contributed by atoms with Crippen LogP contribution in [0, 0.1) is 5.92 Å². The molecule has 2 aromatic carbocycles. The summed E-state index contributed by atoms with van der Waals surface area (Å²) in [7, 11) is 1.60. The highest BCUT2D eigenvalue weighted by atomic mass is 16.5. The maximum absolute atomic E-state index is 12.8. The fourth-order valence-corrected chi connectivity index (χ4v) is 3.34. The molecule has 2 amide bonds. The zero-order valence-electron chi connectivity index (χ0n) is 17.0. The van der Waals surface area contributed by atoms with Gasteiger partial charge in [0.25, 0.3) is 11.8 Å². The lowest BCUT2D eigenvalue weighted by Crippen LogP contribution is -2.37. The summed E-state index contributed by atoms with van der Waals surface area (Å²) in [5, 5.41) is 2.87. The predicted molar refractivity (Wildman–Crippen MR) is 113 cm³/mol. The highest BCUT2D eigenvalue weighted by Crippen LogP contribution is 2.22.